The highest BCUT2D eigenvalue weighted by Gasteiger charge is 2.30. The molecule has 0 aliphatic carbocycles. The molecule has 3 aromatic heterocycles. The van der Waals surface area contributed by atoms with Gasteiger partial charge in [0.05, 0.1) is 32.5 Å². The lowest BCUT2D eigenvalue weighted by molar-refractivity contribution is -0.126. The second kappa shape index (κ2) is 11.7. The summed E-state index contributed by atoms with van der Waals surface area (Å²) in [7, 11) is 0. The molecule has 0 radical (unpaired) electrons. The number of rotatable bonds is 6. The van der Waals surface area contributed by atoms with E-state index in [9.17, 15) is 14.4 Å². The zero-order valence-electron chi connectivity index (χ0n) is 23.8. The number of aldehydes is 1. The number of nitrogens with zero attached hydrogens (tertiary/aromatic N) is 6. The summed E-state index contributed by atoms with van der Waals surface area (Å²) in [6.07, 6.45) is 3.71. The van der Waals surface area contributed by atoms with Crippen LogP contribution in [-0.2, 0) is 4.79 Å². The lowest BCUT2D eigenvalue weighted by Crippen LogP contribution is -2.54. The quantitative estimate of drug-likeness (QED) is 0.208. The summed E-state index contributed by atoms with van der Waals surface area (Å²) in [4.78, 5) is 56.1. The molecule has 1 saturated heterocycles. The summed E-state index contributed by atoms with van der Waals surface area (Å²) in [5, 5.41) is 1.08. The van der Waals surface area contributed by atoms with Crippen LogP contribution in [0.5, 0.6) is 0 Å². The van der Waals surface area contributed by atoms with Gasteiger partial charge < -0.3 is 9.80 Å². The molecule has 0 bridgehead atoms. The Kier molecular flexibility index (Phi) is 8.17. The normalized spacial score (nSPS) is 15.4. The van der Waals surface area contributed by atoms with Gasteiger partial charge in [-0.15, -0.1) is 0 Å². The topological polar surface area (TPSA) is 101 Å². The third kappa shape index (κ3) is 5.07. The van der Waals surface area contributed by atoms with E-state index in [1.165, 1.54) is 10.6 Å². The minimum atomic E-state index is -0.539. The fourth-order valence-electron chi connectivity index (χ4n) is 5.48. The maximum absolute atomic E-state index is 14.0. The van der Waals surface area contributed by atoms with Gasteiger partial charge in [-0.05, 0) is 49.6 Å². The molecule has 0 N–H and O–H groups in total. The average Bonchev–Trinajstić information content (AvgIpc) is 2.96. The Hall–Kier alpha value is -4.08. The Morgan fingerprint density at radius 2 is 1.90 bits per heavy atom. The predicted octanol–water partition coefficient (Wildman–Crippen LogP) is 5.62. The van der Waals surface area contributed by atoms with Gasteiger partial charge in [0.2, 0.25) is 5.91 Å². The first-order valence-electron chi connectivity index (χ1n) is 13.6. The summed E-state index contributed by atoms with van der Waals surface area (Å²) in [5.41, 5.74) is 2.84. The van der Waals surface area contributed by atoms with E-state index in [0.29, 0.717) is 70.3 Å². The number of pyridine rings is 2. The first-order valence-corrected chi connectivity index (χ1v) is 14.3. The molecular weight excluding hydrogens is 575 g/mol. The number of carbonyl (C=O) groups is 2. The maximum Gasteiger partial charge on any atom is 0.355 e. The summed E-state index contributed by atoms with van der Waals surface area (Å²) < 4.78 is 1.47. The van der Waals surface area contributed by atoms with E-state index in [4.69, 9.17) is 28.2 Å². The first-order chi connectivity index (χ1) is 20.1. The summed E-state index contributed by atoms with van der Waals surface area (Å²) in [6, 6.07) is 8.35. The van der Waals surface area contributed by atoms with Gasteiger partial charge in [-0.2, -0.15) is 4.98 Å². The van der Waals surface area contributed by atoms with E-state index in [1.54, 1.807) is 35.4 Å². The largest absolute Gasteiger partial charge is 0.355 e. The molecule has 1 aliphatic heterocycles. The molecule has 1 aliphatic rings. The van der Waals surface area contributed by atoms with Crippen LogP contribution in [0.25, 0.3) is 28.0 Å². The molecule has 216 valence electrons. The molecule has 1 atom stereocenters. The smallest absolute Gasteiger partial charge is 0.350 e. The summed E-state index contributed by atoms with van der Waals surface area (Å²) >= 11 is 13.4. The van der Waals surface area contributed by atoms with Gasteiger partial charge in [0, 0.05) is 43.0 Å². The second-order valence-electron chi connectivity index (χ2n) is 10.6. The lowest BCUT2D eigenvalue weighted by atomic mass is 10.0. The van der Waals surface area contributed by atoms with Crippen LogP contribution < -0.4 is 10.6 Å². The van der Waals surface area contributed by atoms with Crippen LogP contribution in [-0.4, -0.2) is 62.3 Å². The molecule has 4 aromatic rings. The zero-order chi connectivity index (χ0) is 30.3. The number of piperazine rings is 1. The van der Waals surface area contributed by atoms with Crippen molar-refractivity contribution in [2.45, 2.75) is 39.7 Å². The number of benzene rings is 1. The van der Waals surface area contributed by atoms with Gasteiger partial charge in [-0.25, -0.2) is 14.3 Å². The zero-order valence-corrected chi connectivity index (χ0v) is 25.3. The molecule has 11 heteroatoms. The molecule has 1 fully saturated rings. The molecule has 42 heavy (non-hydrogen) atoms. The van der Waals surface area contributed by atoms with E-state index < -0.39 is 5.69 Å². The number of aromatic nitrogens is 4. The molecule has 0 spiro atoms. The van der Waals surface area contributed by atoms with Crippen LogP contribution in [0.4, 0.5) is 5.82 Å². The molecule has 1 aromatic carbocycles. The average molecular weight is 606 g/mol. The maximum atomic E-state index is 14.0. The van der Waals surface area contributed by atoms with E-state index in [1.807, 2.05) is 38.7 Å². The number of hydrogen-bond acceptors (Lipinski definition) is 7. The Bertz CT molecular complexity index is 1800. The minimum absolute atomic E-state index is 0.00553. The molecule has 0 saturated carbocycles. The van der Waals surface area contributed by atoms with Gasteiger partial charge in [0.25, 0.3) is 0 Å². The highest BCUT2D eigenvalue weighted by Crippen LogP contribution is 2.38. The van der Waals surface area contributed by atoms with E-state index in [-0.39, 0.29) is 28.6 Å². The molecule has 0 unspecified atom stereocenters. The molecular formula is C31H30Cl2N6O3. The van der Waals surface area contributed by atoms with Crippen molar-refractivity contribution >= 4 is 52.2 Å². The minimum Gasteiger partial charge on any atom is -0.350 e. The number of fused-ring (bicyclic) bond motifs is 1. The number of carbonyl (C=O) groups excluding carboxylic acids is 2. The Labute approximate surface area is 253 Å². The van der Waals surface area contributed by atoms with Crippen molar-refractivity contribution in [2.24, 2.45) is 0 Å². The number of hydrogen-bond donors (Lipinski definition) is 0. The number of halogens is 2. The first kappa shape index (κ1) is 29.4. The fourth-order valence-corrected chi connectivity index (χ4v) is 5.99. The van der Waals surface area contributed by atoms with Gasteiger partial charge in [-0.3, -0.25) is 14.6 Å². The second-order valence-corrected chi connectivity index (χ2v) is 11.4. The standard InChI is InChI=1S/C31H30Cl2N6O3/c1-6-24(41)37-12-13-38(19(5)15-37)29-21-14-23(33)27(25-20(16-40)8-7-9-22(25)32)35-30(21)39(31(42)36-29)28-18(4)10-11-34-26(28)17(2)3/h6-11,14,16-17,19H,1,12-13,15H2,2-5H3/t19-/m0/s1. The fraction of sp³-hybridized carbons (Fsp3) is 0.290. The summed E-state index contributed by atoms with van der Waals surface area (Å²) in [6.45, 7) is 12.8. The van der Waals surface area contributed by atoms with Crippen molar-refractivity contribution in [2.75, 3.05) is 24.5 Å². The molecule has 9 nitrogen and oxygen atoms in total. The van der Waals surface area contributed by atoms with Crippen LogP contribution in [0, 0.1) is 6.92 Å². The van der Waals surface area contributed by atoms with Crippen molar-refractivity contribution in [1.29, 1.82) is 0 Å². The van der Waals surface area contributed by atoms with Gasteiger partial charge in [0.15, 0.2) is 11.9 Å². The Balaban J connectivity index is 1.85. The highest BCUT2D eigenvalue weighted by atomic mass is 35.5. The Morgan fingerprint density at radius 1 is 1.14 bits per heavy atom. The monoisotopic (exact) mass is 604 g/mol. The van der Waals surface area contributed by atoms with Crippen LogP contribution >= 0.6 is 23.2 Å². The molecule has 1 amide bonds. The van der Waals surface area contributed by atoms with Crippen molar-refractivity contribution in [3.05, 3.63) is 86.5 Å². The molecule has 4 heterocycles. The van der Waals surface area contributed by atoms with Crippen LogP contribution in [0.2, 0.25) is 10.0 Å². The van der Waals surface area contributed by atoms with Gasteiger partial charge in [-0.1, -0.05) is 55.8 Å². The van der Waals surface area contributed by atoms with Gasteiger partial charge in [0.1, 0.15) is 5.82 Å². The van der Waals surface area contributed by atoms with Crippen LogP contribution in [0.1, 0.15) is 48.3 Å². The third-order valence-corrected chi connectivity index (χ3v) is 8.12. The number of anilines is 1. The number of amides is 1. The van der Waals surface area contributed by atoms with Crippen LogP contribution in [0.3, 0.4) is 0 Å². The Morgan fingerprint density at radius 3 is 2.57 bits per heavy atom. The van der Waals surface area contributed by atoms with E-state index >= 15 is 0 Å². The van der Waals surface area contributed by atoms with Crippen molar-refractivity contribution < 1.29 is 9.59 Å². The SMILES string of the molecule is C=CC(=O)N1CCN(c2nc(=O)n(-c3c(C)ccnc3C(C)C)c3nc(-c4c(Cl)cccc4C=O)c(Cl)cc23)[C@@H](C)C1. The van der Waals surface area contributed by atoms with E-state index in [2.05, 4.69) is 16.5 Å². The van der Waals surface area contributed by atoms with E-state index in [0.717, 1.165) is 5.56 Å². The lowest BCUT2D eigenvalue weighted by Gasteiger charge is -2.40. The highest BCUT2D eigenvalue weighted by molar-refractivity contribution is 6.37. The van der Waals surface area contributed by atoms with Crippen molar-refractivity contribution in [1.82, 2.24) is 24.4 Å². The van der Waals surface area contributed by atoms with Crippen LogP contribution in [0.15, 0.2) is 54.0 Å². The summed E-state index contributed by atoms with van der Waals surface area (Å²) in [5.74, 6) is 0.255. The number of aryl methyl sites for hydroxylation is 1. The van der Waals surface area contributed by atoms with Crippen molar-refractivity contribution in [3.8, 4) is 16.9 Å². The predicted molar refractivity (Wildman–Crippen MR) is 166 cm³/mol. The molecule has 5 rings (SSSR count). The third-order valence-electron chi connectivity index (χ3n) is 7.52. The van der Waals surface area contributed by atoms with Crippen molar-refractivity contribution in [3.63, 3.8) is 0 Å². The van der Waals surface area contributed by atoms with Gasteiger partial charge >= 0.3 is 5.69 Å².